The van der Waals surface area contributed by atoms with Gasteiger partial charge in [-0.3, -0.25) is 0 Å². The summed E-state index contributed by atoms with van der Waals surface area (Å²) in [5.41, 5.74) is 1.24. The Kier molecular flexibility index (Phi) is 4.66. The number of rotatable bonds is 5. The fourth-order valence-corrected chi connectivity index (χ4v) is 2.43. The van der Waals surface area contributed by atoms with Gasteiger partial charge in [-0.15, -0.1) is 0 Å². The summed E-state index contributed by atoms with van der Waals surface area (Å²) >= 11 is 0. The first-order chi connectivity index (χ1) is 9.26. The van der Waals surface area contributed by atoms with E-state index in [2.05, 4.69) is 48.3 Å². The van der Waals surface area contributed by atoms with Crippen molar-refractivity contribution in [2.45, 2.75) is 26.3 Å². The number of amides is 2. The highest BCUT2D eigenvalue weighted by Gasteiger charge is 2.34. The minimum absolute atomic E-state index is 0.0715. The maximum Gasteiger partial charge on any atom is 0.317 e. The van der Waals surface area contributed by atoms with E-state index in [4.69, 9.17) is 0 Å². The zero-order valence-electron chi connectivity index (χ0n) is 11.8. The monoisotopic (exact) mass is 261 g/mol. The van der Waals surface area contributed by atoms with Crippen molar-refractivity contribution in [2.24, 2.45) is 0 Å². The molecule has 1 aliphatic heterocycles. The lowest BCUT2D eigenvalue weighted by Gasteiger charge is -2.46. The molecule has 1 aromatic carbocycles. The molecule has 0 aliphatic carbocycles. The number of likely N-dealkylation sites (tertiary alicyclic amines) is 1. The summed E-state index contributed by atoms with van der Waals surface area (Å²) in [6.45, 7) is 7.59. The largest absolute Gasteiger partial charge is 0.365 e. The van der Waals surface area contributed by atoms with Gasteiger partial charge in [0.1, 0.15) is 0 Å². The molecule has 2 rings (SSSR count). The summed E-state index contributed by atoms with van der Waals surface area (Å²) in [6.07, 6.45) is 0.980. The average Bonchev–Trinajstić information content (AvgIpc) is 2.40. The van der Waals surface area contributed by atoms with Gasteiger partial charge in [0.05, 0.1) is 6.04 Å². The van der Waals surface area contributed by atoms with E-state index >= 15 is 0 Å². The third-order valence-electron chi connectivity index (χ3n) is 3.55. The Labute approximate surface area is 115 Å². The first-order valence-corrected chi connectivity index (χ1v) is 7.10. The number of benzene rings is 1. The molecule has 4 nitrogen and oxygen atoms in total. The van der Waals surface area contributed by atoms with Crippen molar-refractivity contribution in [3.8, 4) is 0 Å². The summed E-state index contributed by atoms with van der Waals surface area (Å²) in [6, 6.07) is 10.9. The summed E-state index contributed by atoms with van der Waals surface area (Å²) in [5, 5.41) is 2.92. The van der Waals surface area contributed by atoms with Crippen LogP contribution >= 0.6 is 0 Å². The zero-order valence-corrected chi connectivity index (χ0v) is 11.8. The number of likely N-dealkylation sites (N-methyl/N-ethyl adjacent to an activating group) is 1. The summed E-state index contributed by atoms with van der Waals surface area (Å²) in [5.74, 6) is 0. The number of urea groups is 1. The van der Waals surface area contributed by atoms with Crippen molar-refractivity contribution in [3.63, 3.8) is 0 Å². The van der Waals surface area contributed by atoms with Gasteiger partial charge >= 0.3 is 6.03 Å². The zero-order chi connectivity index (χ0) is 13.7. The van der Waals surface area contributed by atoms with E-state index in [1.165, 1.54) is 5.69 Å². The maximum atomic E-state index is 11.8. The van der Waals surface area contributed by atoms with E-state index in [1.807, 2.05) is 11.0 Å². The van der Waals surface area contributed by atoms with Gasteiger partial charge in [-0.2, -0.15) is 0 Å². The van der Waals surface area contributed by atoms with E-state index in [9.17, 15) is 4.79 Å². The Morgan fingerprint density at radius 1 is 1.32 bits per heavy atom. The van der Waals surface area contributed by atoms with E-state index in [0.717, 1.165) is 32.6 Å². The van der Waals surface area contributed by atoms with Gasteiger partial charge in [0, 0.05) is 31.9 Å². The topological polar surface area (TPSA) is 35.6 Å². The van der Waals surface area contributed by atoms with Gasteiger partial charge in [0.15, 0.2) is 0 Å². The predicted molar refractivity (Wildman–Crippen MR) is 78.5 cm³/mol. The molecular weight excluding hydrogens is 238 g/mol. The van der Waals surface area contributed by atoms with Crippen LogP contribution in [0.2, 0.25) is 0 Å². The molecule has 1 aliphatic rings. The lowest BCUT2D eigenvalue weighted by Crippen LogP contribution is -2.63. The molecule has 4 heteroatoms. The third kappa shape index (κ3) is 3.19. The molecule has 0 bridgehead atoms. The average molecular weight is 261 g/mol. The standard InChI is InChI=1S/C15H23N3O/c1-3-10-16-15(19)17-11-14(12-17)18(4-2)13-8-6-5-7-9-13/h5-9,14H,3-4,10-12H2,1-2H3,(H,16,19). The van der Waals surface area contributed by atoms with Crippen LogP contribution in [0.4, 0.5) is 10.5 Å². The fraction of sp³-hybridized carbons (Fsp3) is 0.533. The number of nitrogens with zero attached hydrogens (tertiary/aromatic N) is 2. The van der Waals surface area contributed by atoms with E-state index in [0.29, 0.717) is 6.04 Å². The predicted octanol–water partition coefficient (Wildman–Crippen LogP) is 2.32. The molecule has 1 heterocycles. The molecular formula is C15H23N3O. The smallest absolute Gasteiger partial charge is 0.317 e. The molecule has 1 fully saturated rings. The highest BCUT2D eigenvalue weighted by atomic mass is 16.2. The molecule has 0 saturated carbocycles. The second-order valence-corrected chi connectivity index (χ2v) is 4.91. The first kappa shape index (κ1) is 13.7. The van der Waals surface area contributed by atoms with Crippen molar-refractivity contribution in [2.75, 3.05) is 31.1 Å². The second-order valence-electron chi connectivity index (χ2n) is 4.91. The number of para-hydroxylation sites is 1. The van der Waals surface area contributed by atoms with Crippen LogP contribution in [-0.2, 0) is 0 Å². The first-order valence-electron chi connectivity index (χ1n) is 7.10. The van der Waals surface area contributed by atoms with E-state index < -0.39 is 0 Å². The molecule has 0 atom stereocenters. The van der Waals surface area contributed by atoms with Gasteiger partial charge in [0.25, 0.3) is 0 Å². The van der Waals surface area contributed by atoms with E-state index in [1.54, 1.807) is 0 Å². The van der Waals surface area contributed by atoms with Crippen LogP contribution in [0.3, 0.4) is 0 Å². The van der Waals surface area contributed by atoms with Crippen molar-refractivity contribution in [1.82, 2.24) is 10.2 Å². The van der Waals surface area contributed by atoms with Crippen molar-refractivity contribution < 1.29 is 4.79 Å². The highest BCUT2D eigenvalue weighted by Crippen LogP contribution is 2.22. The van der Waals surface area contributed by atoms with Gasteiger partial charge in [0.2, 0.25) is 0 Å². The van der Waals surface area contributed by atoms with Crippen LogP contribution in [0.5, 0.6) is 0 Å². The number of hydrogen-bond acceptors (Lipinski definition) is 2. The lowest BCUT2D eigenvalue weighted by molar-refractivity contribution is 0.149. The molecule has 1 N–H and O–H groups in total. The number of hydrogen-bond donors (Lipinski definition) is 1. The molecule has 0 radical (unpaired) electrons. The molecule has 2 amide bonds. The quantitative estimate of drug-likeness (QED) is 0.883. The summed E-state index contributed by atoms with van der Waals surface area (Å²) in [7, 11) is 0. The highest BCUT2D eigenvalue weighted by molar-refractivity contribution is 5.75. The van der Waals surface area contributed by atoms with Crippen LogP contribution < -0.4 is 10.2 Å². The van der Waals surface area contributed by atoms with Gasteiger partial charge in [-0.1, -0.05) is 25.1 Å². The molecule has 19 heavy (non-hydrogen) atoms. The minimum Gasteiger partial charge on any atom is -0.365 e. The number of carbonyl (C=O) groups excluding carboxylic acids is 1. The van der Waals surface area contributed by atoms with Crippen molar-refractivity contribution >= 4 is 11.7 Å². The van der Waals surface area contributed by atoms with Crippen LogP contribution in [0.25, 0.3) is 0 Å². The molecule has 0 unspecified atom stereocenters. The lowest BCUT2D eigenvalue weighted by atomic mass is 10.1. The third-order valence-corrected chi connectivity index (χ3v) is 3.55. The summed E-state index contributed by atoms with van der Waals surface area (Å²) in [4.78, 5) is 16.0. The molecule has 1 saturated heterocycles. The number of nitrogens with one attached hydrogen (secondary N) is 1. The fourth-order valence-electron chi connectivity index (χ4n) is 2.43. The van der Waals surface area contributed by atoms with Crippen molar-refractivity contribution in [3.05, 3.63) is 30.3 Å². The summed E-state index contributed by atoms with van der Waals surface area (Å²) < 4.78 is 0. The number of anilines is 1. The SMILES string of the molecule is CCCNC(=O)N1CC(N(CC)c2ccccc2)C1. The van der Waals surface area contributed by atoms with Crippen LogP contribution in [0.15, 0.2) is 30.3 Å². The van der Waals surface area contributed by atoms with Crippen LogP contribution in [0.1, 0.15) is 20.3 Å². The normalized spacial score (nSPS) is 14.9. The Bertz CT molecular complexity index is 401. The van der Waals surface area contributed by atoms with Crippen LogP contribution in [0, 0.1) is 0 Å². The Morgan fingerprint density at radius 2 is 2.00 bits per heavy atom. The Balaban J connectivity index is 1.86. The van der Waals surface area contributed by atoms with Gasteiger partial charge in [-0.25, -0.2) is 4.79 Å². The second kappa shape index (κ2) is 6.45. The van der Waals surface area contributed by atoms with E-state index in [-0.39, 0.29) is 6.03 Å². The van der Waals surface area contributed by atoms with Gasteiger partial charge in [-0.05, 0) is 25.5 Å². The van der Waals surface area contributed by atoms with Crippen LogP contribution in [-0.4, -0.2) is 43.2 Å². The molecule has 0 spiro atoms. The molecule has 0 aromatic heterocycles. The van der Waals surface area contributed by atoms with Crippen molar-refractivity contribution in [1.29, 1.82) is 0 Å². The number of carbonyl (C=O) groups is 1. The molecule has 1 aromatic rings. The maximum absolute atomic E-state index is 11.8. The van der Waals surface area contributed by atoms with Gasteiger partial charge < -0.3 is 15.1 Å². The Hall–Kier alpha value is -1.71. The minimum atomic E-state index is 0.0715. The molecule has 104 valence electrons. The Morgan fingerprint density at radius 3 is 2.58 bits per heavy atom.